The number of rotatable bonds is 3. The first-order valence-corrected chi connectivity index (χ1v) is 6.74. The van der Waals surface area contributed by atoms with Gasteiger partial charge >= 0.3 is 0 Å². The highest BCUT2D eigenvalue weighted by Gasteiger charge is 2.35. The zero-order valence-corrected chi connectivity index (χ0v) is 11.8. The number of hydrogen-bond donors (Lipinski definition) is 1. The highest BCUT2D eigenvalue weighted by atomic mass is 15.2. The second-order valence-corrected chi connectivity index (χ2v) is 5.47. The number of benzene rings is 1. The van der Waals surface area contributed by atoms with E-state index < -0.39 is 0 Å². The molecule has 0 unspecified atom stereocenters. The smallest absolute Gasteiger partial charge is 0.0992 e. The van der Waals surface area contributed by atoms with E-state index in [2.05, 4.69) is 36.0 Å². The van der Waals surface area contributed by atoms with Crippen LogP contribution in [0.4, 0.5) is 5.69 Å². The van der Waals surface area contributed by atoms with Crippen LogP contribution in [0.2, 0.25) is 0 Å². The van der Waals surface area contributed by atoms with Gasteiger partial charge in [-0.25, -0.2) is 0 Å². The van der Waals surface area contributed by atoms with Crippen molar-refractivity contribution in [2.24, 2.45) is 5.73 Å². The minimum atomic E-state index is 0.128. The van der Waals surface area contributed by atoms with Gasteiger partial charge in [-0.05, 0) is 45.1 Å². The monoisotopic (exact) mass is 258 g/mol. The Kier molecular flexibility index (Phi) is 4.08. The third kappa shape index (κ3) is 2.73. The van der Waals surface area contributed by atoms with Gasteiger partial charge in [0.1, 0.15) is 0 Å². The summed E-state index contributed by atoms with van der Waals surface area (Å²) in [4.78, 5) is 4.61. The minimum absolute atomic E-state index is 0.128. The molecular weight excluding hydrogens is 236 g/mol. The van der Waals surface area contributed by atoms with Crippen molar-refractivity contribution >= 4 is 5.69 Å². The molecule has 2 N–H and O–H groups in total. The van der Waals surface area contributed by atoms with Gasteiger partial charge in [-0.1, -0.05) is 6.07 Å². The molecule has 0 aromatic heterocycles. The standard InChI is InChI=1S/C15H22N4/c1-18(2)15(12-17)6-8-19(9-7-15)14-5-3-4-13(10-14)11-16/h3-5,10H,6-9,12,17H2,1-2H3. The molecule has 0 amide bonds. The van der Waals surface area contributed by atoms with Gasteiger partial charge in [0.25, 0.3) is 0 Å². The number of anilines is 1. The van der Waals surface area contributed by atoms with E-state index >= 15 is 0 Å². The van der Waals surface area contributed by atoms with Crippen LogP contribution in [0.5, 0.6) is 0 Å². The summed E-state index contributed by atoms with van der Waals surface area (Å²) in [6.45, 7) is 2.68. The molecule has 2 rings (SSSR count). The lowest BCUT2D eigenvalue weighted by Crippen LogP contribution is -2.57. The van der Waals surface area contributed by atoms with Crippen molar-refractivity contribution in [3.63, 3.8) is 0 Å². The Hall–Kier alpha value is -1.57. The van der Waals surface area contributed by atoms with Crippen LogP contribution in [0.1, 0.15) is 18.4 Å². The largest absolute Gasteiger partial charge is 0.371 e. The van der Waals surface area contributed by atoms with E-state index in [9.17, 15) is 0 Å². The molecule has 1 saturated heterocycles. The normalized spacial score (nSPS) is 18.4. The van der Waals surface area contributed by atoms with Crippen LogP contribution in [0, 0.1) is 11.3 Å². The highest BCUT2D eigenvalue weighted by Crippen LogP contribution is 2.29. The Balaban J connectivity index is 2.09. The van der Waals surface area contributed by atoms with Crippen molar-refractivity contribution in [2.45, 2.75) is 18.4 Å². The fourth-order valence-electron chi connectivity index (χ4n) is 2.79. The molecule has 1 heterocycles. The lowest BCUT2D eigenvalue weighted by Gasteiger charge is -2.46. The maximum atomic E-state index is 8.96. The maximum Gasteiger partial charge on any atom is 0.0992 e. The quantitative estimate of drug-likeness (QED) is 0.891. The molecule has 0 saturated carbocycles. The SMILES string of the molecule is CN(C)C1(CN)CCN(c2cccc(C#N)c2)CC1. The number of nitriles is 1. The molecule has 1 aromatic carbocycles. The van der Waals surface area contributed by atoms with Crippen LogP contribution in [0.15, 0.2) is 24.3 Å². The summed E-state index contributed by atoms with van der Waals surface area (Å²) in [5, 5.41) is 8.96. The summed E-state index contributed by atoms with van der Waals surface area (Å²) in [5.41, 5.74) is 7.96. The van der Waals surface area contributed by atoms with E-state index in [0.29, 0.717) is 6.54 Å². The van der Waals surface area contributed by atoms with Crippen molar-refractivity contribution in [3.8, 4) is 6.07 Å². The van der Waals surface area contributed by atoms with E-state index in [4.69, 9.17) is 11.0 Å². The molecule has 1 aliphatic heterocycles. The van der Waals surface area contributed by atoms with Crippen LogP contribution in [0.25, 0.3) is 0 Å². The fourth-order valence-corrected chi connectivity index (χ4v) is 2.79. The van der Waals surface area contributed by atoms with Gasteiger partial charge in [-0.3, -0.25) is 0 Å². The van der Waals surface area contributed by atoms with Gasteiger partial charge in [0.05, 0.1) is 11.6 Å². The van der Waals surface area contributed by atoms with Crippen LogP contribution >= 0.6 is 0 Å². The van der Waals surface area contributed by atoms with Crippen LogP contribution in [-0.4, -0.2) is 44.2 Å². The molecule has 0 bridgehead atoms. The predicted octanol–water partition coefficient (Wildman–Crippen LogP) is 1.42. The van der Waals surface area contributed by atoms with E-state index in [0.717, 1.165) is 37.2 Å². The number of likely N-dealkylation sites (N-methyl/N-ethyl adjacent to an activating group) is 1. The molecular formula is C15H22N4. The van der Waals surface area contributed by atoms with Crippen molar-refractivity contribution < 1.29 is 0 Å². The van der Waals surface area contributed by atoms with Gasteiger partial charge in [0, 0.05) is 30.9 Å². The maximum absolute atomic E-state index is 8.96. The van der Waals surface area contributed by atoms with Gasteiger partial charge in [0.15, 0.2) is 0 Å². The average molecular weight is 258 g/mol. The summed E-state index contributed by atoms with van der Waals surface area (Å²) >= 11 is 0. The zero-order chi connectivity index (χ0) is 13.9. The Bertz CT molecular complexity index is 467. The number of nitrogens with two attached hydrogens (primary N) is 1. The molecule has 1 aliphatic rings. The Morgan fingerprint density at radius 2 is 2.05 bits per heavy atom. The van der Waals surface area contributed by atoms with Crippen molar-refractivity contribution in [2.75, 3.05) is 38.6 Å². The lowest BCUT2D eigenvalue weighted by atomic mass is 9.86. The summed E-state index contributed by atoms with van der Waals surface area (Å²) in [6.07, 6.45) is 2.13. The van der Waals surface area contributed by atoms with E-state index in [1.54, 1.807) is 0 Å². The third-order valence-corrected chi connectivity index (χ3v) is 4.36. The number of piperidine rings is 1. The van der Waals surface area contributed by atoms with E-state index in [1.165, 1.54) is 0 Å². The van der Waals surface area contributed by atoms with Crippen LogP contribution in [-0.2, 0) is 0 Å². The van der Waals surface area contributed by atoms with Crippen LogP contribution in [0.3, 0.4) is 0 Å². The van der Waals surface area contributed by atoms with Crippen molar-refractivity contribution in [3.05, 3.63) is 29.8 Å². The Morgan fingerprint density at radius 3 is 2.58 bits per heavy atom. The summed E-state index contributed by atoms with van der Waals surface area (Å²) in [5.74, 6) is 0. The van der Waals surface area contributed by atoms with E-state index in [-0.39, 0.29) is 5.54 Å². The average Bonchev–Trinajstić information content (AvgIpc) is 2.47. The van der Waals surface area contributed by atoms with Crippen molar-refractivity contribution in [1.82, 2.24) is 4.90 Å². The molecule has 0 atom stereocenters. The topological polar surface area (TPSA) is 56.3 Å². The molecule has 0 radical (unpaired) electrons. The lowest BCUT2D eigenvalue weighted by molar-refractivity contribution is 0.125. The second kappa shape index (κ2) is 5.60. The summed E-state index contributed by atoms with van der Waals surface area (Å²) in [7, 11) is 4.22. The molecule has 4 heteroatoms. The minimum Gasteiger partial charge on any atom is -0.371 e. The number of nitrogens with zero attached hydrogens (tertiary/aromatic N) is 3. The molecule has 4 nitrogen and oxygen atoms in total. The summed E-state index contributed by atoms with van der Waals surface area (Å²) < 4.78 is 0. The third-order valence-electron chi connectivity index (χ3n) is 4.36. The van der Waals surface area contributed by atoms with E-state index in [1.807, 2.05) is 18.2 Å². The highest BCUT2D eigenvalue weighted by molar-refractivity contribution is 5.51. The Labute approximate surface area is 115 Å². The molecule has 0 spiro atoms. The van der Waals surface area contributed by atoms with Gasteiger partial charge in [-0.15, -0.1) is 0 Å². The van der Waals surface area contributed by atoms with Gasteiger partial charge in [0.2, 0.25) is 0 Å². The first-order valence-electron chi connectivity index (χ1n) is 6.74. The van der Waals surface area contributed by atoms with Crippen molar-refractivity contribution in [1.29, 1.82) is 5.26 Å². The summed E-state index contributed by atoms with van der Waals surface area (Å²) in [6, 6.07) is 10.0. The first-order chi connectivity index (χ1) is 9.11. The first kappa shape index (κ1) is 13.9. The molecule has 19 heavy (non-hydrogen) atoms. The molecule has 102 valence electrons. The fraction of sp³-hybridized carbons (Fsp3) is 0.533. The zero-order valence-electron chi connectivity index (χ0n) is 11.8. The molecule has 1 fully saturated rings. The predicted molar refractivity (Wildman–Crippen MR) is 78.1 cm³/mol. The molecule has 1 aromatic rings. The molecule has 0 aliphatic carbocycles. The second-order valence-electron chi connectivity index (χ2n) is 5.47. The van der Waals surface area contributed by atoms with Gasteiger partial charge < -0.3 is 15.5 Å². The number of hydrogen-bond acceptors (Lipinski definition) is 4. The Morgan fingerprint density at radius 1 is 1.37 bits per heavy atom. The van der Waals surface area contributed by atoms with Crippen LogP contribution < -0.4 is 10.6 Å². The van der Waals surface area contributed by atoms with Gasteiger partial charge in [-0.2, -0.15) is 5.26 Å².